The van der Waals surface area contributed by atoms with E-state index in [9.17, 15) is 0 Å². The lowest BCUT2D eigenvalue weighted by Crippen LogP contribution is -2.14. The van der Waals surface area contributed by atoms with Crippen LogP contribution in [0, 0.1) is 0 Å². The van der Waals surface area contributed by atoms with E-state index < -0.39 is 0 Å². The van der Waals surface area contributed by atoms with Crippen LogP contribution < -0.4 is 4.90 Å². The number of fused-ring (bicyclic) bond motifs is 6. The van der Waals surface area contributed by atoms with Gasteiger partial charge in [-0.25, -0.2) is 0 Å². The Morgan fingerprint density at radius 1 is 0.302 bits per heavy atom. The molecule has 0 N–H and O–H groups in total. The normalized spacial score (nSPS) is 11.5. The molecule has 0 saturated carbocycles. The molecule has 296 valence electrons. The average molecular weight is 805 g/mol. The highest BCUT2D eigenvalue weighted by Gasteiger charge is 2.24. The van der Waals surface area contributed by atoms with E-state index in [2.05, 4.69) is 240 Å². The molecule has 0 saturated heterocycles. The summed E-state index contributed by atoms with van der Waals surface area (Å²) >= 11 is 0. The summed E-state index contributed by atoms with van der Waals surface area (Å²) in [5.41, 5.74) is 17.7. The third kappa shape index (κ3) is 6.13. The number of nitrogens with zero attached hydrogens (tertiary/aromatic N) is 2. The molecule has 12 aromatic rings. The van der Waals surface area contributed by atoms with Crippen molar-refractivity contribution >= 4 is 60.8 Å². The molecule has 0 amide bonds. The number of benzene rings is 10. The molecule has 12 rings (SSSR count). The molecule has 2 heterocycles. The number of furan rings is 1. The first-order valence-corrected chi connectivity index (χ1v) is 21.5. The smallest absolute Gasteiger partial charge is 0.136 e. The second-order valence-corrected chi connectivity index (χ2v) is 16.0. The first-order chi connectivity index (χ1) is 31.3. The summed E-state index contributed by atoms with van der Waals surface area (Å²) < 4.78 is 8.75. The van der Waals surface area contributed by atoms with Gasteiger partial charge in [0.1, 0.15) is 11.2 Å². The fraction of sp³-hybridized carbons (Fsp3) is 0. The second kappa shape index (κ2) is 15.3. The Morgan fingerprint density at radius 2 is 0.778 bits per heavy atom. The van der Waals surface area contributed by atoms with E-state index in [1.165, 1.54) is 33.0 Å². The minimum absolute atomic E-state index is 0.890. The fourth-order valence-corrected chi connectivity index (χ4v) is 9.67. The van der Waals surface area contributed by atoms with Gasteiger partial charge in [0.25, 0.3) is 0 Å². The number of hydrogen-bond donors (Lipinski definition) is 0. The molecule has 0 spiro atoms. The van der Waals surface area contributed by atoms with Crippen LogP contribution in [0.25, 0.3) is 93.9 Å². The van der Waals surface area contributed by atoms with E-state index >= 15 is 0 Å². The Bertz CT molecular complexity index is 3580. The highest BCUT2D eigenvalue weighted by atomic mass is 16.3. The predicted octanol–water partition coefficient (Wildman–Crippen LogP) is 16.8. The lowest BCUT2D eigenvalue weighted by atomic mass is 9.88. The van der Waals surface area contributed by atoms with E-state index in [1.54, 1.807) is 0 Å². The summed E-state index contributed by atoms with van der Waals surface area (Å²) in [6.45, 7) is 0. The van der Waals surface area contributed by atoms with Crippen LogP contribution in [0.5, 0.6) is 0 Å². The maximum atomic E-state index is 6.32. The maximum absolute atomic E-state index is 6.32. The van der Waals surface area contributed by atoms with Crippen molar-refractivity contribution in [1.29, 1.82) is 0 Å². The first-order valence-electron chi connectivity index (χ1n) is 21.5. The zero-order valence-electron chi connectivity index (χ0n) is 34.4. The molecule has 0 fully saturated rings. The Kier molecular flexibility index (Phi) is 8.83. The van der Waals surface area contributed by atoms with E-state index in [4.69, 9.17) is 4.42 Å². The first kappa shape index (κ1) is 36.5. The molecule has 0 atom stereocenters. The van der Waals surface area contributed by atoms with Crippen molar-refractivity contribution in [3.8, 4) is 50.2 Å². The van der Waals surface area contributed by atoms with Crippen LogP contribution in [-0.4, -0.2) is 4.57 Å². The van der Waals surface area contributed by atoms with Crippen LogP contribution in [0.3, 0.4) is 0 Å². The van der Waals surface area contributed by atoms with Crippen molar-refractivity contribution in [2.75, 3.05) is 4.90 Å². The summed E-state index contributed by atoms with van der Waals surface area (Å²) in [5, 5.41) is 4.71. The summed E-state index contributed by atoms with van der Waals surface area (Å²) in [5.74, 6) is 0. The molecule has 0 unspecified atom stereocenters. The van der Waals surface area contributed by atoms with Gasteiger partial charge in [0.2, 0.25) is 0 Å². The van der Waals surface area contributed by atoms with Gasteiger partial charge in [0.05, 0.1) is 28.1 Å². The van der Waals surface area contributed by atoms with E-state index in [-0.39, 0.29) is 0 Å². The van der Waals surface area contributed by atoms with Crippen molar-refractivity contribution in [3.05, 3.63) is 243 Å². The number of anilines is 3. The molecule has 3 nitrogen and oxygen atoms in total. The van der Waals surface area contributed by atoms with Crippen molar-refractivity contribution in [2.45, 2.75) is 0 Å². The minimum Gasteiger partial charge on any atom is -0.456 e. The van der Waals surface area contributed by atoms with Crippen LogP contribution in [0.1, 0.15) is 0 Å². The van der Waals surface area contributed by atoms with Crippen molar-refractivity contribution in [2.24, 2.45) is 0 Å². The summed E-state index contributed by atoms with van der Waals surface area (Å²) in [7, 11) is 0. The molecule has 0 aliphatic carbocycles. The third-order valence-corrected chi connectivity index (χ3v) is 12.4. The zero-order chi connectivity index (χ0) is 41.7. The quantitative estimate of drug-likeness (QED) is 0.153. The van der Waals surface area contributed by atoms with Gasteiger partial charge in [-0.05, 0) is 93.5 Å². The Morgan fingerprint density at radius 3 is 1.49 bits per heavy atom. The molecule has 0 radical (unpaired) electrons. The molecule has 3 heteroatoms. The number of para-hydroxylation sites is 6. The van der Waals surface area contributed by atoms with E-state index in [1.807, 2.05) is 12.1 Å². The van der Waals surface area contributed by atoms with Gasteiger partial charge in [-0.2, -0.15) is 0 Å². The van der Waals surface area contributed by atoms with Gasteiger partial charge < -0.3 is 13.9 Å². The van der Waals surface area contributed by atoms with Crippen LogP contribution in [0.2, 0.25) is 0 Å². The second-order valence-electron chi connectivity index (χ2n) is 16.0. The van der Waals surface area contributed by atoms with Crippen LogP contribution in [0.15, 0.2) is 247 Å². The van der Waals surface area contributed by atoms with E-state index in [0.29, 0.717) is 0 Å². The molecule has 10 aromatic carbocycles. The van der Waals surface area contributed by atoms with Crippen LogP contribution >= 0.6 is 0 Å². The van der Waals surface area contributed by atoms with Gasteiger partial charge in [0, 0.05) is 32.8 Å². The van der Waals surface area contributed by atoms with Gasteiger partial charge in [-0.15, -0.1) is 0 Å². The topological polar surface area (TPSA) is 21.3 Å². The average Bonchev–Trinajstić information content (AvgIpc) is 3.91. The lowest BCUT2D eigenvalue weighted by molar-refractivity contribution is 0.669. The maximum Gasteiger partial charge on any atom is 0.136 e. The monoisotopic (exact) mass is 804 g/mol. The summed E-state index contributed by atoms with van der Waals surface area (Å²) in [6, 6.07) is 87.2. The van der Waals surface area contributed by atoms with Crippen LogP contribution in [0.4, 0.5) is 17.1 Å². The van der Waals surface area contributed by atoms with Gasteiger partial charge >= 0.3 is 0 Å². The molecule has 0 aliphatic rings. The molecule has 2 aromatic heterocycles. The number of rotatable bonds is 8. The van der Waals surface area contributed by atoms with E-state index in [0.717, 1.165) is 78.0 Å². The third-order valence-electron chi connectivity index (χ3n) is 12.4. The Hall–Kier alpha value is -8.40. The predicted molar refractivity (Wildman–Crippen MR) is 264 cm³/mol. The summed E-state index contributed by atoms with van der Waals surface area (Å²) in [4.78, 5) is 2.45. The molecule has 63 heavy (non-hydrogen) atoms. The highest BCUT2D eigenvalue weighted by molar-refractivity contribution is 6.13. The molecular formula is C60H40N2O. The van der Waals surface area contributed by atoms with Gasteiger partial charge in [-0.3, -0.25) is 0 Å². The van der Waals surface area contributed by atoms with Crippen molar-refractivity contribution in [3.63, 3.8) is 0 Å². The molecular weight excluding hydrogens is 765 g/mol. The lowest BCUT2D eigenvalue weighted by Gasteiger charge is -2.31. The van der Waals surface area contributed by atoms with Crippen LogP contribution in [-0.2, 0) is 0 Å². The SMILES string of the molecule is c1ccc(-c2ccccc2-c2ccccc2-c2ccccc2N(c2ccc(-c3cccc4oc5ccccc5c34)cc2)c2ccccc2-n2c3ccccc3c3ccccc32)cc1. The Balaban J connectivity index is 1.09. The van der Waals surface area contributed by atoms with Gasteiger partial charge in [0.15, 0.2) is 0 Å². The number of hydrogen-bond acceptors (Lipinski definition) is 2. The fourth-order valence-electron chi connectivity index (χ4n) is 9.67. The van der Waals surface area contributed by atoms with Crippen molar-refractivity contribution < 1.29 is 4.42 Å². The van der Waals surface area contributed by atoms with Gasteiger partial charge in [-0.1, -0.05) is 188 Å². The largest absolute Gasteiger partial charge is 0.456 e. The summed E-state index contributed by atoms with van der Waals surface area (Å²) in [6.07, 6.45) is 0. The highest BCUT2D eigenvalue weighted by Crippen LogP contribution is 2.48. The minimum atomic E-state index is 0.890. The molecule has 0 bridgehead atoms. The Labute approximate surface area is 366 Å². The standard InChI is InChI=1S/C60H40N2O/c1-2-19-41(20-3-1)44-21-4-5-22-46(44)47-23-6-7-24-48(47)49-25-8-12-30-53(49)61(43-39-37-42(38-40-43)45-29-18-36-59-60(45)52-28-11-17-35-58(52)63-59)56-33-15-16-34-57(56)62-54-31-13-9-26-50(54)51-27-10-14-32-55(51)62/h1-40H. The van der Waals surface area contributed by atoms with Crippen molar-refractivity contribution in [1.82, 2.24) is 4.57 Å². The zero-order valence-corrected chi connectivity index (χ0v) is 34.4. The molecule has 0 aliphatic heterocycles. The number of aromatic nitrogens is 1.